The molecule has 4 aromatic rings. The highest BCUT2D eigenvalue weighted by atomic mass is 19.1. The number of aryl methyl sites for hydroxylation is 1. The first-order valence-electron chi connectivity index (χ1n) is 16.2. The van der Waals surface area contributed by atoms with Crippen molar-refractivity contribution < 1.29 is 28.2 Å². The van der Waals surface area contributed by atoms with Crippen LogP contribution < -0.4 is 15.0 Å². The van der Waals surface area contributed by atoms with Gasteiger partial charge in [-0.15, -0.1) is 0 Å². The van der Waals surface area contributed by atoms with E-state index in [1.807, 2.05) is 45.0 Å². The van der Waals surface area contributed by atoms with Crippen molar-refractivity contribution in [2.45, 2.75) is 72.5 Å². The van der Waals surface area contributed by atoms with Gasteiger partial charge in [0.25, 0.3) is 0 Å². The SMILES string of the molecule is Cc1nc(Nc2ccncc2F)c(-c2ccc(OCCc3ccc(F)cc3)cc2)c(N2CCC(C)(C)CC2)c1[C@H](OC(C)(C)C)C(=O)O. The summed E-state index contributed by atoms with van der Waals surface area (Å²) in [7, 11) is 0. The van der Waals surface area contributed by atoms with Crippen molar-refractivity contribution in [2.24, 2.45) is 5.41 Å². The lowest BCUT2D eigenvalue weighted by Gasteiger charge is -2.41. The molecule has 0 bridgehead atoms. The number of aromatic nitrogens is 2. The predicted molar refractivity (Wildman–Crippen MR) is 184 cm³/mol. The lowest BCUT2D eigenvalue weighted by molar-refractivity contribution is -0.160. The largest absolute Gasteiger partial charge is 0.493 e. The molecule has 10 heteroatoms. The molecule has 48 heavy (non-hydrogen) atoms. The summed E-state index contributed by atoms with van der Waals surface area (Å²) in [4.78, 5) is 23.9. The molecule has 254 valence electrons. The van der Waals surface area contributed by atoms with Crippen LogP contribution in [0.2, 0.25) is 0 Å². The van der Waals surface area contributed by atoms with Crippen LogP contribution in [0.3, 0.4) is 0 Å². The normalized spacial score (nSPS) is 15.2. The van der Waals surface area contributed by atoms with Gasteiger partial charge < -0.3 is 24.8 Å². The molecule has 0 unspecified atom stereocenters. The van der Waals surface area contributed by atoms with E-state index in [2.05, 4.69) is 29.0 Å². The number of hydrogen-bond donors (Lipinski definition) is 2. The van der Waals surface area contributed by atoms with Crippen molar-refractivity contribution in [2.75, 3.05) is 29.9 Å². The van der Waals surface area contributed by atoms with Crippen LogP contribution in [0.5, 0.6) is 5.75 Å². The summed E-state index contributed by atoms with van der Waals surface area (Å²) >= 11 is 0. The second kappa shape index (κ2) is 14.3. The van der Waals surface area contributed by atoms with Gasteiger partial charge in [0.1, 0.15) is 17.4 Å². The van der Waals surface area contributed by atoms with E-state index < -0.39 is 23.5 Å². The molecule has 8 nitrogen and oxygen atoms in total. The van der Waals surface area contributed by atoms with Gasteiger partial charge in [-0.25, -0.2) is 18.6 Å². The standard InChI is InChI=1S/C38H44F2N4O4/c1-24-31(34(36(45)46)48-37(2,3)4)33(44-20-17-38(5,6)18-21-44)32(35(42-24)43-30-15-19-41-23-29(30)40)26-9-13-28(14-10-26)47-22-16-25-7-11-27(39)12-8-25/h7-15,19,23,34H,16-18,20-22H2,1-6H3,(H,45,46)(H,41,42,43)/t34-/m0/s1. The van der Waals surface area contributed by atoms with Crippen molar-refractivity contribution in [3.05, 3.63) is 95.4 Å². The number of nitrogens with one attached hydrogen (secondary N) is 1. The number of hydrogen-bond acceptors (Lipinski definition) is 7. The van der Waals surface area contributed by atoms with Gasteiger partial charge in [0.2, 0.25) is 0 Å². The van der Waals surface area contributed by atoms with E-state index >= 15 is 0 Å². The molecule has 1 saturated heterocycles. The number of carbonyl (C=O) groups is 1. The lowest BCUT2D eigenvalue weighted by atomic mass is 9.82. The Balaban J connectivity index is 1.63. The molecule has 0 aliphatic carbocycles. The number of carboxylic acids is 1. The average molecular weight is 659 g/mol. The molecule has 0 amide bonds. The van der Waals surface area contributed by atoms with Crippen LogP contribution in [0.1, 0.15) is 70.4 Å². The minimum absolute atomic E-state index is 0.126. The fraction of sp³-hybridized carbons (Fsp3) is 0.395. The van der Waals surface area contributed by atoms with Gasteiger partial charge in [-0.2, -0.15) is 0 Å². The van der Waals surface area contributed by atoms with E-state index in [1.165, 1.54) is 24.4 Å². The molecule has 1 atom stereocenters. The summed E-state index contributed by atoms with van der Waals surface area (Å²) in [6.45, 7) is 13.5. The van der Waals surface area contributed by atoms with Gasteiger partial charge >= 0.3 is 5.97 Å². The fourth-order valence-corrected chi connectivity index (χ4v) is 5.89. The molecular formula is C38H44F2N4O4. The highest BCUT2D eigenvalue weighted by molar-refractivity contribution is 5.93. The molecule has 0 saturated carbocycles. The smallest absolute Gasteiger partial charge is 0.337 e. The van der Waals surface area contributed by atoms with Crippen molar-refractivity contribution >= 4 is 23.2 Å². The van der Waals surface area contributed by atoms with Crippen LogP contribution in [-0.4, -0.2) is 46.3 Å². The van der Waals surface area contributed by atoms with Gasteiger partial charge in [-0.3, -0.25) is 4.98 Å². The lowest BCUT2D eigenvalue weighted by Crippen LogP contribution is -2.39. The number of halogens is 2. The Labute approximate surface area is 281 Å². The quantitative estimate of drug-likeness (QED) is 0.165. The van der Waals surface area contributed by atoms with Crippen molar-refractivity contribution in [1.29, 1.82) is 0 Å². The number of aliphatic carboxylic acids is 1. The molecule has 1 aliphatic rings. The predicted octanol–water partition coefficient (Wildman–Crippen LogP) is 8.66. The van der Waals surface area contributed by atoms with Crippen molar-refractivity contribution in [3.63, 3.8) is 0 Å². The number of anilines is 3. The van der Waals surface area contributed by atoms with Crippen LogP contribution in [0.25, 0.3) is 11.1 Å². The second-order valence-electron chi connectivity index (χ2n) is 14.0. The number of ether oxygens (including phenoxy) is 2. The summed E-state index contributed by atoms with van der Waals surface area (Å²) in [5, 5.41) is 13.8. The van der Waals surface area contributed by atoms with E-state index in [0.29, 0.717) is 60.2 Å². The zero-order chi connectivity index (χ0) is 34.6. The van der Waals surface area contributed by atoms with Crippen LogP contribution in [0.4, 0.5) is 26.0 Å². The van der Waals surface area contributed by atoms with Crippen LogP contribution in [0.15, 0.2) is 67.0 Å². The molecule has 1 aliphatic heterocycles. The Morgan fingerprint density at radius 2 is 1.71 bits per heavy atom. The Kier molecular flexibility index (Phi) is 10.3. The van der Waals surface area contributed by atoms with Gasteiger partial charge in [0.15, 0.2) is 11.9 Å². The molecule has 2 aromatic carbocycles. The Bertz CT molecular complexity index is 1730. The Morgan fingerprint density at radius 1 is 1.04 bits per heavy atom. The monoisotopic (exact) mass is 658 g/mol. The molecule has 1 fully saturated rings. The molecule has 3 heterocycles. The summed E-state index contributed by atoms with van der Waals surface area (Å²) in [5.74, 6) is -0.928. The number of carboxylic acid groups (broad SMARTS) is 1. The van der Waals surface area contributed by atoms with E-state index in [0.717, 1.165) is 30.2 Å². The number of piperidine rings is 1. The van der Waals surface area contributed by atoms with Crippen LogP contribution >= 0.6 is 0 Å². The van der Waals surface area contributed by atoms with E-state index in [4.69, 9.17) is 14.5 Å². The van der Waals surface area contributed by atoms with E-state index in [9.17, 15) is 18.7 Å². The molecule has 5 rings (SSSR count). The minimum atomic E-state index is -1.30. The zero-order valence-electron chi connectivity index (χ0n) is 28.4. The first kappa shape index (κ1) is 34.8. The Hall–Kier alpha value is -4.57. The highest BCUT2D eigenvalue weighted by Gasteiger charge is 2.37. The van der Waals surface area contributed by atoms with E-state index in [1.54, 1.807) is 19.1 Å². The summed E-state index contributed by atoms with van der Waals surface area (Å²) in [5.41, 5.74) is 3.52. The summed E-state index contributed by atoms with van der Waals surface area (Å²) < 4.78 is 40.5. The van der Waals surface area contributed by atoms with Crippen LogP contribution in [-0.2, 0) is 16.0 Å². The maximum absolute atomic E-state index is 15.0. The third-order valence-electron chi connectivity index (χ3n) is 8.53. The van der Waals surface area contributed by atoms with Crippen molar-refractivity contribution in [3.8, 4) is 16.9 Å². The van der Waals surface area contributed by atoms with Gasteiger partial charge in [0.05, 0.1) is 29.8 Å². The maximum atomic E-state index is 15.0. The highest BCUT2D eigenvalue weighted by Crippen LogP contribution is 2.47. The fourth-order valence-electron chi connectivity index (χ4n) is 5.89. The molecule has 0 radical (unpaired) electrons. The molecule has 0 spiro atoms. The van der Waals surface area contributed by atoms with E-state index in [-0.39, 0.29) is 16.9 Å². The topological polar surface area (TPSA) is 96.8 Å². The minimum Gasteiger partial charge on any atom is -0.493 e. The average Bonchev–Trinajstić information content (AvgIpc) is 3.02. The van der Waals surface area contributed by atoms with Gasteiger partial charge in [-0.1, -0.05) is 38.1 Å². The second-order valence-corrected chi connectivity index (χ2v) is 14.0. The third kappa shape index (κ3) is 8.47. The number of pyridine rings is 2. The molecule has 2 N–H and O–H groups in total. The first-order chi connectivity index (χ1) is 22.7. The van der Waals surface area contributed by atoms with Crippen LogP contribution in [0, 0.1) is 24.0 Å². The van der Waals surface area contributed by atoms with Crippen molar-refractivity contribution in [1.82, 2.24) is 9.97 Å². The summed E-state index contributed by atoms with van der Waals surface area (Å²) in [6.07, 6.45) is 3.73. The number of nitrogens with zero attached hydrogens (tertiary/aromatic N) is 3. The molecule has 2 aromatic heterocycles. The summed E-state index contributed by atoms with van der Waals surface area (Å²) in [6, 6.07) is 15.4. The zero-order valence-corrected chi connectivity index (χ0v) is 28.4. The maximum Gasteiger partial charge on any atom is 0.337 e. The number of rotatable bonds is 11. The van der Waals surface area contributed by atoms with Gasteiger partial charge in [-0.05, 0) is 87.4 Å². The number of benzene rings is 2. The van der Waals surface area contributed by atoms with Gasteiger partial charge in [0, 0.05) is 42.5 Å². The first-order valence-corrected chi connectivity index (χ1v) is 16.2. The third-order valence-corrected chi connectivity index (χ3v) is 8.53. The Morgan fingerprint density at radius 3 is 2.31 bits per heavy atom. The molecular weight excluding hydrogens is 614 g/mol.